The molecule has 0 heterocycles. The molecule has 0 aliphatic rings. The van der Waals surface area contributed by atoms with Gasteiger partial charge in [-0.25, -0.2) is 8.42 Å². The van der Waals surface area contributed by atoms with E-state index in [-0.39, 0.29) is 16.4 Å². The van der Waals surface area contributed by atoms with Crippen LogP contribution in [0.5, 0.6) is 0 Å². The minimum absolute atomic E-state index is 0.0333. The van der Waals surface area contributed by atoms with E-state index in [1.54, 1.807) is 0 Å². The summed E-state index contributed by atoms with van der Waals surface area (Å²) < 4.78 is 23.4. The molecule has 19 heavy (non-hydrogen) atoms. The number of benzene rings is 1. The van der Waals surface area contributed by atoms with Gasteiger partial charge in [-0.3, -0.25) is 4.79 Å². The van der Waals surface area contributed by atoms with E-state index in [9.17, 15) is 13.2 Å². The van der Waals surface area contributed by atoms with Gasteiger partial charge in [-0.2, -0.15) is 4.99 Å². The van der Waals surface area contributed by atoms with Crippen LogP contribution in [-0.4, -0.2) is 33.1 Å². The second-order valence-corrected chi connectivity index (χ2v) is 5.84. The number of hydrogen-bond acceptors (Lipinski definition) is 4. The molecule has 5 N–H and O–H groups in total. The summed E-state index contributed by atoms with van der Waals surface area (Å²) in [5.41, 5.74) is 10.8. The Morgan fingerprint density at radius 1 is 1.37 bits per heavy atom. The summed E-state index contributed by atoms with van der Waals surface area (Å²) in [6, 6.07) is 4.22. The highest BCUT2D eigenvalue weighted by molar-refractivity contribution is 7.90. The predicted molar refractivity (Wildman–Crippen MR) is 73.9 cm³/mol. The molecule has 0 fully saturated rings. The minimum atomic E-state index is -3.47. The van der Waals surface area contributed by atoms with Gasteiger partial charge in [0.25, 0.3) is 5.91 Å². The van der Waals surface area contributed by atoms with Crippen molar-refractivity contribution in [1.29, 1.82) is 0 Å². The summed E-state index contributed by atoms with van der Waals surface area (Å²) >= 11 is 0. The summed E-state index contributed by atoms with van der Waals surface area (Å²) in [7, 11) is -3.47. The first-order valence-electron chi connectivity index (χ1n) is 5.47. The number of nitrogens with one attached hydrogen (secondary N) is 1. The van der Waals surface area contributed by atoms with Gasteiger partial charge < -0.3 is 16.8 Å². The number of guanidine groups is 1. The molecule has 0 atom stereocenters. The van der Waals surface area contributed by atoms with Crippen molar-refractivity contribution in [2.24, 2.45) is 16.5 Å². The average molecular weight is 284 g/mol. The summed E-state index contributed by atoms with van der Waals surface area (Å²) in [6.07, 6.45) is 1.07. The Balaban J connectivity index is 3.34. The second-order valence-electron chi connectivity index (χ2n) is 3.86. The Morgan fingerprint density at radius 2 is 2.00 bits per heavy atom. The van der Waals surface area contributed by atoms with E-state index in [1.807, 2.05) is 6.92 Å². The molecule has 1 amide bonds. The van der Waals surface area contributed by atoms with Crippen LogP contribution >= 0.6 is 0 Å². The third-order valence-corrected chi connectivity index (χ3v) is 3.36. The molecule has 104 valence electrons. The van der Waals surface area contributed by atoms with Crippen molar-refractivity contribution < 1.29 is 13.2 Å². The van der Waals surface area contributed by atoms with Gasteiger partial charge in [0.05, 0.1) is 10.6 Å². The quantitative estimate of drug-likeness (QED) is 0.524. The molecule has 0 radical (unpaired) electrons. The highest BCUT2D eigenvalue weighted by Crippen LogP contribution is 2.23. The first kappa shape index (κ1) is 15.0. The molecule has 0 unspecified atom stereocenters. The van der Waals surface area contributed by atoms with Gasteiger partial charge in [0.2, 0.25) is 0 Å². The van der Waals surface area contributed by atoms with Crippen LogP contribution in [0.25, 0.3) is 0 Å². The van der Waals surface area contributed by atoms with Crippen molar-refractivity contribution in [3.05, 3.63) is 23.8 Å². The largest absolute Gasteiger partial charge is 0.384 e. The molecule has 7 nitrogen and oxygen atoms in total. The van der Waals surface area contributed by atoms with Crippen LogP contribution in [0, 0.1) is 0 Å². The molecule has 0 aromatic heterocycles. The fraction of sp³-hybridized carbons (Fsp3) is 0.273. The van der Waals surface area contributed by atoms with E-state index < -0.39 is 15.7 Å². The topological polar surface area (TPSA) is 128 Å². The van der Waals surface area contributed by atoms with Gasteiger partial charge >= 0.3 is 0 Å². The molecular formula is C11H16N4O3S. The van der Waals surface area contributed by atoms with Crippen LogP contribution in [0.15, 0.2) is 28.1 Å². The van der Waals surface area contributed by atoms with E-state index in [0.717, 1.165) is 6.26 Å². The second kappa shape index (κ2) is 5.70. The Morgan fingerprint density at radius 3 is 2.47 bits per heavy atom. The maximum atomic E-state index is 11.7. The lowest BCUT2D eigenvalue weighted by Crippen LogP contribution is -2.24. The standard InChI is InChI=1S/C11H16N4O3S/c1-3-14-8-5-4-7(10(16)15-11(12)13)6-9(8)19(2,17)18/h4-6,14H,3H2,1-2H3,(H4,12,13,15,16). The summed E-state index contributed by atoms with van der Waals surface area (Å²) in [5.74, 6) is -1.06. The highest BCUT2D eigenvalue weighted by Gasteiger charge is 2.16. The Hall–Kier alpha value is -2.09. The van der Waals surface area contributed by atoms with Crippen LogP contribution < -0.4 is 16.8 Å². The first-order chi connectivity index (χ1) is 8.75. The van der Waals surface area contributed by atoms with E-state index in [4.69, 9.17) is 11.5 Å². The highest BCUT2D eigenvalue weighted by atomic mass is 32.2. The Labute approximate surface area is 111 Å². The van der Waals surface area contributed by atoms with Crippen molar-refractivity contribution in [2.45, 2.75) is 11.8 Å². The summed E-state index contributed by atoms with van der Waals surface area (Å²) in [4.78, 5) is 15.0. The Kier molecular flexibility index (Phi) is 4.49. The third kappa shape index (κ3) is 3.95. The van der Waals surface area contributed by atoms with Crippen LogP contribution in [0.2, 0.25) is 0 Å². The molecule has 0 saturated carbocycles. The number of carbonyl (C=O) groups is 1. The average Bonchev–Trinajstić information content (AvgIpc) is 2.27. The number of carbonyl (C=O) groups excluding carboxylic acids is 1. The molecule has 0 bridgehead atoms. The minimum Gasteiger partial charge on any atom is -0.384 e. The van der Waals surface area contributed by atoms with Crippen LogP contribution in [0.4, 0.5) is 5.69 Å². The fourth-order valence-electron chi connectivity index (χ4n) is 1.48. The number of hydrogen-bond donors (Lipinski definition) is 3. The van der Waals surface area contributed by atoms with Gasteiger partial charge in [0.1, 0.15) is 0 Å². The molecule has 0 aliphatic heterocycles. The molecular weight excluding hydrogens is 268 g/mol. The molecule has 8 heteroatoms. The van der Waals surface area contributed by atoms with E-state index >= 15 is 0 Å². The zero-order valence-electron chi connectivity index (χ0n) is 10.7. The smallest absolute Gasteiger partial charge is 0.280 e. The van der Waals surface area contributed by atoms with Crippen LogP contribution in [-0.2, 0) is 9.84 Å². The molecule has 0 saturated heterocycles. The van der Waals surface area contributed by atoms with Gasteiger partial charge in [0.15, 0.2) is 15.8 Å². The van der Waals surface area contributed by atoms with Crippen LogP contribution in [0.3, 0.4) is 0 Å². The van der Waals surface area contributed by atoms with Crippen molar-refractivity contribution >= 4 is 27.4 Å². The number of aliphatic imine (C=N–C) groups is 1. The number of sulfone groups is 1. The van der Waals surface area contributed by atoms with Crippen molar-refractivity contribution in [1.82, 2.24) is 0 Å². The van der Waals surface area contributed by atoms with Gasteiger partial charge in [-0.1, -0.05) is 0 Å². The van der Waals surface area contributed by atoms with Gasteiger partial charge in [-0.05, 0) is 25.1 Å². The van der Waals surface area contributed by atoms with Crippen molar-refractivity contribution in [3.8, 4) is 0 Å². The normalized spacial score (nSPS) is 10.8. The molecule has 0 aliphatic carbocycles. The summed E-state index contributed by atoms with van der Waals surface area (Å²) in [6.45, 7) is 2.40. The fourth-order valence-corrected chi connectivity index (χ4v) is 2.36. The van der Waals surface area contributed by atoms with Gasteiger partial charge in [-0.15, -0.1) is 0 Å². The van der Waals surface area contributed by atoms with Crippen molar-refractivity contribution in [2.75, 3.05) is 18.1 Å². The molecule has 0 spiro atoms. The molecule has 1 aromatic carbocycles. The third-order valence-electron chi connectivity index (χ3n) is 2.23. The zero-order chi connectivity index (χ0) is 14.6. The maximum absolute atomic E-state index is 11.7. The van der Waals surface area contributed by atoms with E-state index in [0.29, 0.717) is 12.2 Å². The number of amides is 1. The Bertz CT molecular complexity index is 619. The number of anilines is 1. The number of nitrogens with two attached hydrogens (primary N) is 2. The monoisotopic (exact) mass is 284 g/mol. The summed E-state index contributed by atoms with van der Waals surface area (Å²) in [5, 5.41) is 2.91. The van der Waals surface area contributed by atoms with Gasteiger partial charge in [0, 0.05) is 18.4 Å². The lowest BCUT2D eigenvalue weighted by atomic mass is 10.2. The van der Waals surface area contributed by atoms with Crippen LogP contribution in [0.1, 0.15) is 17.3 Å². The SMILES string of the molecule is CCNc1ccc(C(=O)N=C(N)N)cc1S(C)(=O)=O. The maximum Gasteiger partial charge on any atom is 0.280 e. The number of nitrogens with zero attached hydrogens (tertiary/aromatic N) is 1. The predicted octanol–water partition coefficient (Wildman–Crippen LogP) is -0.0645. The first-order valence-corrected chi connectivity index (χ1v) is 7.36. The lowest BCUT2D eigenvalue weighted by molar-refractivity contribution is 0.100. The van der Waals surface area contributed by atoms with E-state index in [1.165, 1.54) is 18.2 Å². The molecule has 1 aromatic rings. The zero-order valence-corrected chi connectivity index (χ0v) is 11.5. The van der Waals surface area contributed by atoms with E-state index in [2.05, 4.69) is 10.3 Å². The number of rotatable bonds is 4. The molecule has 1 rings (SSSR count). The lowest BCUT2D eigenvalue weighted by Gasteiger charge is -2.10. The van der Waals surface area contributed by atoms with Crippen molar-refractivity contribution in [3.63, 3.8) is 0 Å².